The van der Waals surface area contributed by atoms with Crippen molar-refractivity contribution in [3.63, 3.8) is 0 Å². The Morgan fingerprint density at radius 1 is 1.71 bits per heavy atom. The van der Waals surface area contributed by atoms with Gasteiger partial charge >= 0.3 is 0 Å². The maximum Gasteiger partial charge on any atom is 0.183 e. The highest BCUT2D eigenvalue weighted by molar-refractivity contribution is 7.98. The minimum atomic E-state index is 0.589. The Labute approximate surface area is 98.7 Å². The van der Waals surface area contributed by atoms with Crippen molar-refractivity contribution in [1.29, 1.82) is 0 Å². The quantitative estimate of drug-likeness (QED) is 0.799. The lowest BCUT2D eigenvalue weighted by molar-refractivity contribution is 0.272. The van der Waals surface area contributed by atoms with Gasteiger partial charge in [0, 0.05) is 29.4 Å². The van der Waals surface area contributed by atoms with Crippen molar-refractivity contribution in [2.24, 2.45) is 0 Å². The van der Waals surface area contributed by atoms with E-state index in [1.807, 2.05) is 18.0 Å². The molecule has 1 unspecified atom stereocenters. The predicted molar refractivity (Wildman–Crippen MR) is 66.4 cm³/mol. The molecule has 0 radical (unpaired) electrons. The molecule has 0 aliphatic rings. The van der Waals surface area contributed by atoms with Gasteiger partial charge in [-0.05, 0) is 20.2 Å². The van der Waals surface area contributed by atoms with Crippen LogP contribution in [-0.4, -0.2) is 35.0 Å². The van der Waals surface area contributed by atoms with Gasteiger partial charge in [0.1, 0.15) is 0 Å². The van der Waals surface area contributed by atoms with Crippen LogP contribution in [-0.2, 0) is 6.54 Å². The van der Waals surface area contributed by atoms with Crippen molar-refractivity contribution in [2.75, 3.05) is 19.1 Å². The second-order valence-corrected chi connectivity index (χ2v) is 5.91. The molecule has 1 aromatic heterocycles. The molecule has 80 valence electrons. The number of thiazole rings is 1. The van der Waals surface area contributed by atoms with E-state index in [0.29, 0.717) is 10.5 Å². The summed E-state index contributed by atoms with van der Waals surface area (Å²) in [6, 6.07) is 0.589. The van der Waals surface area contributed by atoms with Gasteiger partial charge < -0.3 is 0 Å². The van der Waals surface area contributed by atoms with Crippen LogP contribution in [0.4, 0.5) is 0 Å². The molecule has 0 spiro atoms. The topological polar surface area (TPSA) is 16.1 Å². The molecule has 0 amide bonds. The lowest BCUT2D eigenvalue weighted by Gasteiger charge is -2.22. The van der Waals surface area contributed by atoms with E-state index in [-0.39, 0.29) is 0 Å². The fourth-order valence-corrected chi connectivity index (χ4v) is 2.91. The molecule has 0 saturated heterocycles. The molecular weight excluding hydrogens is 236 g/mol. The van der Waals surface area contributed by atoms with Crippen LogP contribution in [0.2, 0.25) is 4.47 Å². The third kappa shape index (κ3) is 3.77. The number of thioether (sulfide) groups is 1. The molecule has 0 bridgehead atoms. The largest absolute Gasteiger partial charge is 0.298 e. The molecule has 5 heteroatoms. The number of halogens is 1. The number of aromatic nitrogens is 1. The van der Waals surface area contributed by atoms with Gasteiger partial charge in [-0.3, -0.25) is 4.90 Å². The Bertz CT molecular complexity index is 278. The van der Waals surface area contributed by atoms with E-state index in [2.05, 4.69) is 30.1 Å². The van der Waals surface area contributed by atoms with Crippen molar-refractivity contribution >= 4 is 34.7 Å². The van der Waals surface area contributed by atoms with Crippen LogP contribution < -0.4 is 0 Å². The third-order valence-electron chi connectivity index (χ3n) is 2.09. The minimum Gasteiger partial charge on any atom is -0.298 e. The molecule has 1 rings (SSSR count). The summed E-state index contributed by atoms with van der Waals surface area (Å²) in [6.07, 6.45) is 3.99. The SMILES string of the molecule is CSCC(C)N(C)Cc1cnc(Cl)s1. The van der Waals surface area contributed by atoms with Crippen LogP contribution in [0.25, 0.3) is 0 Å². The fraction of sp³-hybridized carbons (Fsp3) is 0.667. The normalized spacial score (nSPS) is 13.5. The summed E-state index contributed by atoms with van der Waals surface area (Å²) in [5, 5.41) is 0. The summed E-state index contributed by atoms with van der Waals surface area (Å²) in [7, 11) is 2.13. The van der Waals surface area contributed by atoms with E-state index >= 15 is 0 Å². The first kappa shape index (κ1) is 12.3. The molecule has 1 aromatic rings. The van der Waals surface area contributed by atoms with Crippen LogP contribution in [0.3, 0.4) is 0 Å². The number of hydrogen-bond donors (Lipinski definition) is 0. The van der Waals surface area contributed by atoms with Crippen molar-refractivity contribution in [1.82, 2.24) is 9.88 Å². The van der Waals surface area contributed by atoms with Gasteiger partial charge in [-0.1, -0.05) is 11.6 Å². The predicted octanol–water partition coefficient (Wildman–Crippen LogP) is 2.98. The van der Waals surface area contributed by atoms with Crippen molar-refractivity contribution < 1.29 is 0 Å². The van der Waals surface area contributed by atoms with Crippen molar-refractivity contribution in [2.45, 2.75) is 19.5 Å². The van der Waals surface area contributed by atoms with E-state index in [0.717, 1.165) is 12.3 Å². The molecule has 0 aromatic carbocycles. The van der Waals surface area contributed by atoms with Crippen LogP contribution in [0.15, 0.2) is 6.20 Å². The van der Waals surface area contributed by atoms with Gasteiger partial charge in [0.2, 0.25) is 0 Å². The molecule has 2 nitrogen and oxygen atoms in total. The summed E-state index contributed by atoms with van der Waals surface area (Å²) in [6.45, 7) is 3.17. The van der Waals surface area contributed by atoms with Gasteiger partial charge in [0.25, 0.3) is 0 Å². The highest BCUT2D eigenvalue weighted by Crippen LogP contribution is 2.19. The molecule has 0 N–H and O–H groups in total. The molecule has 1 atom stereocenters. The van der Waals surface area contributed by atoms with E-state index in [1.165, 1.54) is 4.88 Å². The summed E-state index contributed by atoms with van der Waals surface area (Å²) in [5.41, 5.74) is 0. The van der Waals surface area contributed by atoms with Gasteiger partial charge in [-0.2, -0.15) is 11.8 Å². The van der Waals surface area contributed by atoms with Gasteiger partial charge in [-0.15, -0.1) is 11.3 Å². The van der Waals surface area contributed by atoms with Gasteiger partial charge in [0.05, 0.1) is 0 Å². The highest BCUT2D eigenvalue weighted by atomic mass is 35.5. The van der Waals surface area contributed by atoms with E-state index in [4.69, 9.17) is 11.6 Å². The van der Waals surface area contributed by atoms with E-state index in [9.17, 15) is 0 Å². The molecule has 14 heavy (non-hydrogen) atoms. The zero-order valence-corrected chi connectivity index (χ0v) is 11.0. The lowest BCUT2D eigenvalue weighted by atomic mass is 10.3. The van der Waals surface area contributed by atoms with Crippen molar-refractivity contribution in [3.05, 3.63) is 15.5 Å². The Balaban J connectivity index is 2.43. The monoisotopic (exact) mass is 250 g/mol. The molecule has 0 fully saturated rings. The van der Waals surface area contributed by atoms with E-state index < -0.39 is 0 Å². The summed E-state index contributed by atoms with van der Waals surface area (Å²) >= 11 is 9.20. The fourth-order valence-electron chi connectivity index (χ4n) is 1.13. The summed E-state index contributed by atoms with van der Waals surface area (Å²) in [4.78, 5) is 7.57. The Hall–Kier alpha value is 0.230. The van der Waals surface area contributed by atoms with Gasteiger partial charge in [-0.25, -0.2) is 4.98 Å². The molecule has 1 heterocycles. The average molecular weight is 251 g/mol. The lowest BCUT2D eigenvalue weighted by Crippen LogP contribution is -2.30. The Kier molecular flexibility index (Phi) is 5.23. The van der Waals surface area contributed by atoms with Crippen LogP contribution >= 0.6 is 34.7 Å². The number of rotatable bonds is 5. The summed E-state index contributed by atoms with van der Waals surface area (Å²) in [5.74, 6) is 1.16. The second-order valence-electron chi connectivity index (χ2n) is 3.30. The molecule has 0 saturated carbocycles. The average Bonchev–Trinajstić information content (AvgIpc) is 2.51. The van der Waals surface area contributed by atoms with Crippen LogP contribution in [0, 0.1) is 0 Å². The first-order chi connectivity index (χ1) is 6.63. The molecular formula is C9H15ClN2S2. The highest BCUT2D eigenvalue weighted by Gasteiger charge is 2.10. The number of nitrogens with zero attached hydrogens (tertiary/aromatic N) is 2. The zero-order valence-electron chi connectivity index (χ0n) is 8.66. The minimum absolute atomic E-state index is 0.589. The molecule has 0 aliphatic carbocycles. The van der Waals surface area contributed by atoms with E-state index in [1.54, 1.807) is 11.3 Å². The zero-order chi connectivity index (χ0) is 10.6. The standard InChI is InChI=1S/C9H15ClN2S2/c1-7(6-13-3)12(2)5-8-4-11-9(10)14-8/h4,7H,5-6H2,1-3H3. The Morgan fingerprint density at radius 3 is 2.93 bits per heavy atom. The van der Waals surface area contributed by atoms with Crippen LogP contribution in [0.5, 0.6) is 0 Å². The third-order valence-corrected chi connectivity index (χ3v) is 4.01. The first-order valence-corrected chi connectivity index (χ1v) is 7.01. The maximum absolute atomic E-state index is 5.77. The van der Waals surface area contributed by atoms with Gasteiger partial charge in [0.15, 0.2) is 4.47 Å². The smallest absolute Gasteiger partial charge is 0.183 e. The Morgan fingerprint density at radius 2 is 2.43 bits per heavy atom. The first-order valence-electron chi connectivity index (χ1n) is 4.43. The summed E-state index contributed by atoms with van der Waals surface area (Å²) < 4.78 is 0.630. The maximum atomic E-state index is 5.77. The van der Waals surface area contributed by atoms with Crippen molar-refractivity contribution in [3.8, 4) is 0 Å². The second kappa shape index (κ2) is 5.95. The van der Waals surface area contributed by atoms with Crippen LogP contribution in [0.1, 0.15) is 11.8 Å². The number of hydrogen-bond acceptors (Lipinski definition) is 4. The molecule has 0 aliphatic heterocycles.